The van der Waals surface area contributed by atoms with Crippen molar-refractivity contribution in [3.63, 3.8) is 0 Å². The molecule has 1 saturated carbocycles. The van der Waals surface area contributed by atoms with E-state index in [0.29, 0.717) is 10.5 Å². The first-order valence-corrected chi connectivity index (χ1v) is 6.89. The first-order valence-electron chi connectivity index (χ1n) is 5.35. The summed E-state index contributed by atoms with van der Waals surface area (Å²) in [5.41, 5.74) is 0.622. The first-order chi connectivity index (χ1) is 7.66. The lowest BCUT2D eigenvalue weighted by Gasteiger charge is -2.25. The van der Waals surface area contributed by atoms with Crippen LogP contribution in [-0.4, -0.2) is 13.7 Å². The van der Waals surface area contributed by atoms with E-state index in [1.807, 2.05) is 6.07 Å². The van der Waals surface area contributed by atoms with Crippen LogP contribution in [0.15, 0.2) is 29.2 Å². The largest absolute Gasteiger partial charge is 0.223 e. The van der Waals surface area contributed by atoms with Gasteiger partial charge in [0.2, 0.25) is 0 Å². The SMILES string of the molecule is N#CCc1ccccc1S(=O)(=O)C1CCC1. The van der Waals surface area contributed by atoms with Crippen LogP contribution in [0.25, 0.3) is 0 Å². The Morgan fingerprint density at radius 2 is 2.00 bits per heavy atom. The molecular formula is C12H13NO2S. The maximum absolute atomic E-state index is 12.2. The van der Waals surface area contributed by atoms with E-state index in [2.05, 4.69) is 0 Å². The Balaban J connectivity index is 2.43. The molecule has 0 heterocycles. The second-order valence-electron chi connectivity index (χ2n) is 4.04. The smallest absolute Gasteiger partial charge is 0.181 e. The van der Waals surface area contributed by atoms with E-state index in [0.717, 1.165) is 19.3 Å². The summed E-state index contributed by atoms with van der Waals surface area (Å²) in [6.07, 6.45) is 2.65. The van der Waals surface area contributed by atoms with Crippen LogP contribution < -0.4 is 0 Å². The Morgan fingerprint density at radius 1 is 1.31 bits per heavy atom. The minimum Gasteiger partial charge on any atom is -0.223 e. The molecule has 1 fully saturated rings. The summed E-state index contributed by atoms with van der Waals surface area (Å²) in [6.45, 7) is 0. The van der Waals surface area contributed by atoms with Gasteiger partial charge in [0.25, 0.3) is 0 Å². The maximum Gasteiger partial charge on any atom is 0.181 e. The third kappa shape index (κ3) is 1.83. The summed E-state index contributed by atoms with van der Waals surface area (Å²) in [5.74, 6) is 0. The lowest BCUT2D eigenvalue weighted by atomic mass is 10.00. The van der Waals surface area contributed by atoms with Crippen LogP contribution in [0.3, 0.4) is 0 Å². The van der Waals surface area contributed by atoms with Crippen LogP contribution in [0.2, 0.25) is 0 Å². The molecule has 2 rings (SSSR count). The van der Waals surface area contributed by atoms with Crippen LogP contribution in [0.5, 0.6) is 0 Å². The molecular weight excluding hydrogens is 222 g/mol. The van der Waals surface area contributed by atoms with Gasteiger partial charge in [-0.1, -0.05) is 24.6 Å². The number of nitrogens with zero attached hydrogens (tertiary/aromatic N) is 1. The van der Waals surface area contributed by atoms with Crippen molar-refractivity contribution < 1.29 is 8.42 Å². The average molecular weight is 235 g/mol. The zero-order valence-electron chi connectivity index (χ0n) is 8.89. The second kappa shape index (κ2) is 4.26. The van der Waals surface area contributed by atoms with E-state index in [4.69, 9.17) is 5.26 Å². The van der Waals surface area contributed by atoms with Gasteiger partial charge >= 0.3 is 0 Å². The highest BCUT2D eigenvalue weighted by Crippen LogP contribution is 2.32. The third-order valence-electron chi connectivity index (χ3n) is 3.04. The molecule has 0 bridgehead atoms. The Labute approximate surface area is 95.6 Å². The number of rotatable bonds is 3. The molecule has 0 saturated heterocycles. The fourth-order valence-electron chi connectivity index (χ4n) is 1.87. The predicted molar refractivity (Wildman–Crippen MR) is 60.6 cm³/mol. The van der Waals surface area contributed by atoms with Crippen molar-refractivity contribution in [3.8, 4) is 6.07 Å². The number of sulfone groups is 1. The number of hydrogen-bond acceptors (Lipinski definition) is 3. The average Bonchev–Trinajstić information content (AvgIpc) is 2.15. The minimum atomic E-state index is -3.21. The summed E-state index contributed by atoms with van der Waals surface area (Å²) < 4.78 is 24.4. The summed E-state index contributed by atoms with van der Waals surface area (Å²) in [6, 6.07) is 8.82. The topological polar surface area (TPSA) is 57.9 Å². The van der Waals surface area contributed by atoms with Crippen LogP contribution in [-0.2, 0) is 16.3 Å². The van der Waals surface area contributed by atoms with Crippen LogP contribution in [0.1, 0.15) is 24.8 Å². The van der Waals surface area contributed by atoms with Crippen molar-refractivity contribution in [2.75, 3.05) is 0 Å². The Bertz CT molecular complexity index is 524. The highest BCUT2D eigenvalue weighted by Gasteiger charge is 2.33. The van der Waals surface area contributed by atoms with E-state index < -0.39 is 9.84 Å². The van der Waals surface area contributed by atoms with Crippen molar-refractivity contribution in [1.82, 2.24) is 0 Å². The standard InChI is InChI=1S/C12H13NO2S/c13-9-8-10-4-1-2-7-12(10)16(14,15)11-5-3-6-11/h1-2,4,7,11H,3,5-6,8H2. The van der Waals surface area contributed by atoms with Gasteiger partial charge in [0, 0.05) is 0 Å². The third-order valence-corrected chi connectivity index (χ3v) is 5.40. The fourth-order valence-corrected chi connectivity index (χ4v) is 3.96. The quantitative estimate of drug-likeness (QED) is 0.806. The Morgan fingerprint density at radius 3 is 2.56 bits per heavy atom. The lowest BCUT2D eigenvalue weighted by molar-refractivity contribution is 0.476. The van der Waals surface area contributed by atoms with E-state index in [9.17, 15) is 8.42 Å². The molecule has 0 spiro atoms. The van der Waals surface area contributed by atoms with Gasteiger partial charge < -0.3 is 0 Å². The fraction of sp³-hybridized carbons (Fsp3) is 0.417. The number of nitriles is 1. The summed E-state index contributed by atoms with van der Waals surface area (Å²) in [5, 5.41) is 8.45. The molecule has 0 atom stereocenters. The summed E-state index contributed by atoms with van der Waals surface area (Å²) >= 11 is 0. The van der Waals surface area contributed by atoms with Crippen molar-refractivity contribution in [2.24, 2.45) is 0 Å². The second-order valence-corrected chi connectivity index (χ2v) is 6.24. The number of hydrogen-bond donors (Lipinski definition) is 0. The molecule has 1 aromatic rings. The van der Waals surface area contributed by atoms with E-state index in [-0.39, 0.29) is 11.7 Å². The highest BCUT2D eigenvalue weighted by molar-refractivity contribution is 7.92. The Kier molecular flexibility index (Phi) is 2.97. The monoisotopic (exact) mass is 235 g/mol. The molecule has 84 valence electrons. The molecule has 0 aliphatic heterocycles. The molecule has 1 aliphatic carbocycles. The molecule has 0 N–H and O–H groups in total. The van der Waals surface area contributed by atoms with Gasteiger partial charge in [-0.25, -0.2) is 8.42 Å². The summed E-state index contributed by atoms with van der Waals surface area (Å²) in [7, 11) is -3.21. The van der Waals surface area contributed by atoms with Gasteiger partial charge in [-0.05, 0) is 24.5 Å². The zero-order valence-corrected chi connectivity index (χ0v) is 9.70. The maximum atomic E-state index is 12.2. The van der Waals surface area contributed by atoms with Crippen LogP contribution in [0.4, 0.5) is 0 Å². The lowest BCUT2D eigenvalue weighted by Crippen LogP contribution is -2.29. The molecule has 16 heavy (non-hydrogen) atoms. The molecule has 0 aromatic heterocycles. The van der Waals surface area contributed by atoms with Crippen LogP contribution >= 0.6 is 0 Å². The van der Waals surface area contributed by atoms with E-state index in [1.54, 1.807) is 24.3 Å². The van der Waals surface area contributed by atoms with Gasteiger partial charge in [-0.3, -0.25) is 0 Å². The highest BCUT2D eigenvalue weighted by atomic mass is 32.2. The van der Waals surface area contributed by atoms with Crippen molar-refractivity contribution in [1.29, 1.82) is 5.26 Å². The first kappa shape index (κ1) is 11.2. The van der Waals surface area contributed by atoms with Crippen molar-refractivity contribution in [3.05, 3.63) is 29.8 Å². The summed E-state index contributed by atoms with van der Waals surface area (Å²) in [4.78, 5) is 0.348. The van der Waals surface area contributed by atoms with E-state index in [1.165, 1.54) is 0 Å². The molecule has 0 radical (unpaired) electrons. The Hall–Kier alpha value is -1.34. The van der Waals surface area contributed by atoms with Gasteiger partial charge in [0.1, 0.15) is 0 Å². The van der Waals surface area contributed by atoms with Crippen molar-refractivity contribution >= 4 is 9.84 Å². The normalized spacial score (nSPS) is 16.4. The molecule has 0 unspecified atom stereocenters. The zero-order chi connectivity index (χ0) is 11.6. The van der Waals surface area contributed by atoms with E-state index >= 15 is 0 Å². The van der Waals surface area contributed by atoms with Gasteiger partial charge in [0.05, 0.1) is 22.6 Å². The predicted octanol–water partition coefficient (Wildman–Crippen LogP) is 2.08. The molecule has 0 amide bonds. The molecule has 1 aliphatic rings. The minimum absolute atomic E-state index is 0.155. The molecule has 1 aromatic carbocycles. The van der Waals surface area contributed by atoms with Gasteiger partial charge in [-0.2, -0.15) is 5.26 Å². The van der Waals surface area contributed by atoms with Gasteiger partial charge in [-0.15, -0.1) is 0 Å². The molecule has 3 nitrogen and oxygen atoms in total. The number of benzene rings is 1. The molecule has 4 heteroatoms. The van der Waals surface area contributed by atoms with Gasteiger partial charge in [0.15, 0.2) is 9.84 Å². The van der Waals surface area contributed by atoms with Crippen LogP contribution in [0, 0.1) is 11.3 Å². The van der Waals surface area contributed by atoms with Crippen molar-refractivity contribution in [2.45, 2.75) is 35.8 Å².